The number of fused-ring (bicyclic) bond motifs is 1. The van der Waals surface area contributed by atoms with Crippen molar-refractivity contribution in [3.8, 4) is 0 Å². The molecule has 3 rings (SSSR count). The molecule has 0 amide bonds. The maximum atomic E-state index is 10.2. The maximum Gasteiger partial charge on any atom is 0.273 e. The van der Waals surface area contributed by atoms with Gasteiger partial charge in [-0.3, -0.25) is 4.57 Å². The fourth-order valence-electron chi connectivity index (χ4n) is 2.73. The number of aromatic amines is 1. The topological polar surface area (TPSA) is 133 Å². The number of nitrogens with one attached hydrogen (secondary N) is 1. The summed E-state index contributed by atoms with van der Waals surface area (Å²) in [6.07, 6.45) is -2.37. The van der Waals surface area contributed by atoms with Gasteiger partial charge in [0.1, 0.15) is 18.3 Å². The summed E-state index contributed by atoms with van der Waals surface area (Å²) in [5.74, 6) is 0.145. The Morgan fingerprint density at radius 1 is 1.50 bits per heavy atom. The molecule has 4 atom stereocenters. The minimum Gasteiger partial charge on any atom is -0.394 e. The van der Waals surface area contributed by atoms with Crippen molar-refractivity contribution in [1.29, 1.82) is 0 Å². The van der Waals surface area contributed by atoms with Crippen LogP contribution in [0.25, 0.3) is 11.2 Å². The van der Waals surface area contributed by atoms with Gasteiger partial charge < -0.3 is 25.8 Å². The van der Waals surface area contributed by atoms with E-state index in [2.05, 4.69) is 9.97 Å². The highest BCUT2D eigenvalue weighted by molar-refractivity contribution is 7.71. The average molecular weight is 328 g/mol. The number of ether oxygens (including phenoxy) is 1. The zero-order valence-electron chi connectivity index (χ0n) is 11.9. The summed E-state index contributed by atoms with van der Waals surface area (Å²) in [6.45, 7) is 2.18. The monoisotopic (exact) mass is 328 g/mol. The van der Waals surface area contributed by atoms with Gasteiger partial charge in [0.15, 0.2) is 11.0 Å². The lowest BCUT2D eigenvalue weighted by molar-refractivity contribution is -0.746. The number of H-pyrrole nitrogens is 1. The van der Waals surface area contributed by atoms with Crippen LogP contribution in [0.1, 0.15) is 13.2 Å². The number of hydrogen-bond acceptors (Lipinski definition) is 7. The van der Waals surface area contributed by atoms with E-state index >= 15 is 0 Å². The number of hydrogen-bond donors (Lipinski definition) is 5. The molecule has 1 saturated heterocycles. The summed E-state index contributed by atoms with van der Waals surface area (Å²) in [6, 6.07) is 0. The van der Waals surface area contributed by atoms with Crippen molar-refractivity contribution < 1.29 is 24.6 Å². The lowest BCUT2D eigenvalue weighted by atomic mass is 10.1. The van der Waals surface area contributed by atoms with E-state index in [9.17, 15) is 15.3 Å². The number of rotatable bonds is 3. The average Bonchev–Trinajstić information content (AvgIpc) is 2.98. The summed E-state index contributed by atoms with van der Waals surface area (Å²) in [5, 5.41) is 29.3. The van der Waals surface area contributed by atoms with E-state index in [-0.39, 0.29) is 12.6 Å². The van der Waals surface area contributed by atoms with Crippen LogP contribution in [0.3, 0.4) is 0 Å². The van der Waals surface area contributed by atoms with Crippen LogP contribution < -0.4 is 10.3 Å². The first kappa shape index (κ1) is 15.3. The van der Waals surface area contributed by atoms with Gasteiger partial charge in [0.05, 0.1) is 13.2 Å². The molecule has 0 bridgehead atoms. The van der Waals surface area contributed by atoms with Gasteiger partial charge in [-0.25, -0.2) is 9.55 Å². The number of nitrogen functional groups attached to an aromatic ring is 1. The molecular weight excluding hydrogens is 310 g/mol. The molecule has 10 heteroatoms. The van der Waals surface area contributed by atoms with Crippen molar-refractivity contribution in [2.24, 2.45) is 0 Å². The largest absolute Gasteiger partial charge is 0.394 e. The molecule has 2 aromatic heterocycles. The van der Waals surface area contributed by atoms with Gasteiger partial charge in [-0.1, -0.05) is 12.2 Å². The lowest BCUT2D eigenvalue weighted by Gasteiger charge is -2.12. The predicted molar refractivity (Wildman–Crippen MR) is 78.2 cm³/mol. The molecule has 0 unspecified atom stereocenters. The van der Waals surface area contributed by atoms with Gasteiger partial charge in [-0.15, -0.1) is 0 Å². The molecule has 0 aliphatic carbocycles. The Morgan fingerprint density at radius 2 is 2.23 bits per heavy atom. The van der Waals surface area contributed by atoms with E-state index in [4.69, 9.17) is 22.7 Å². The van der Waals surface area contributed by atoms with Crippen molar-refractivity contribution in [2.75, 3.05) is 12.3 Å². The summed E-state index contributed by atoms with van der Waals surface area (Å²) in [7, 11) is 0. The van der Waals surface area contributed by atoms with Crippen molar-refractivity contribution in [2.45, 2.75) is 38.0 Å². The number of anilines is 1. The Labute approximate surface area is 130 Å². The zero-order valence-corrected chi connectivity index (χ0v) is 12.7. The van der Waals surface area contributed by atoms with Crippen LogP contribution in [0.5, 0.6) is 0 Å². The molecule has 0 aromatic carbocycles. The molecule has 2 aromatic rings. The van der Waals surface area contributed by atoms with E-state index in [0.29, 0.717) is 22.3 Å². The maximum absolute atomic E-state index is 10.2. The first-order valence-electron chi connectivity index (χ1n) is 6.90. The number of aromatic nitrogens is 4. The molecule has 1 aliphatic heterocycles. The highest BCUT2D eigenvalue weighted by Gasteiger charge is 2.46. The molecule has 0 spiro atoms. The fourth-order valence-corrected chi connectivity index (χ4v) is 3.04. The number of nitrogens with zero attached hydrogens (tertiary/aromatic N) is 3. The van der Waals surface area contributed by atoms with Crippen LogP contribution in [0.4, 0.5) is 5.95 Å². The number of aryl methyl sites for hydroxylation is 1. The van der Waals surface area contributed by atoms with Gasteiger partial charge in [0, 0.05) is 0 Å². The molecule has 1 aliphatic rings. The van der Waals surface area contributed by atoms with Crippen LogP contribution in [-0.2, 0) is 11.3 Å². The third kappa shape index (κ3) is 2.20. The zero-order chi connectivity index (χ0) is 16.0. The van der Waals surface area contributed by atoms with Crippen LogP contribution in [0.2, 0.25) is 0 Å². The minimum absolute atomic E-state index is 0.145. The minimum atomic E-state index is -1.19. The van der Waals surface area contributed by atoms with Gasteiger partial charge in [-0.2, -0.15) is 4.98 Å². The van der Waals surface area contributed by atoms with Crippen LogP contribution in [-0.4, -0.2) is 54.8 Å². The second kappa shape index (κ2) is 5.56. The van der Waals surface area contributed by atoms with E-state index in [1.807, 2.05) is 11.5 Å². The Hall–Kier alpha value is -1.59. The number of nitrogens with two attached hydrogens (primary N) is 1. The molecule has 3 heterocycles. The Balaban J connectivity index is 2.18. The van der Waals surface area contributed by atoms with E-state index in [1.165, 1.54) is 0 Å². The molecule has 22 heavy (non-hydrogen) atoms. The number of aliphatic hydroxyl groups is 3. The van der Waals surface area contributed by atoms with Crippen LogP contribution >= 0.6 is 12.2 Å². The third-order valence-electron chi connectivity index (χ3n) is 3.84. The molecular formula is C12H18N5O4S+. The molecule has 0 radical (unpaired) electrons. The fraction of sp³-hybridized carbons (Fsp3) is 0.583. The number of imidazole rings is 1. The summed E-state index contributed by atoms with van der Waals surface area (Å²) < 4.78 is 9.33. The first-order valence-corrected chi connectivity index (χ1v) is 7.31. The van der Waals surface area contributed by atoms with Gasteiger partial charge >= 0.3 is 0 Å². The molecule has 6 N–H and O–H groups in total. The van der Waals surface area contributed by atoms with E-state index in [0.717, 1.165) is 0 Å². The molecule has 120 valence electrons. The molecule has 9 nitrogen and oxygen atoms in total. The van der Waals surface area contributed by atoms with Crippen molar-refractivity contribution in [3.63, 3.8) is 0 Å². The SMILES string of the molecule is CCn1c[n+]([C@@H]2O[C@H](CO)[C@@H](O)[C@H]2O)c2[nH]c(N)nc(=S)c21. The summed E-state index contributed by atoms with van der Waals surface area (Å²) >= 11 is 5.24. The Morgan fingerprint density at radius 3 is 2.82 bits per heavy atom. The quantitative estimate of drug-likeness (QED) is 0.345. The van der Waals surface area contributed by atoms with Crippen LogP contribution in [0, 0.1) is 4.64 Å². The lowest BCUT2D eigenvalue weighted by Crippen LogP contribution is -2.46. The highest BCUT2D eigenvalue weighted by Crippen LogP contribution is 2.27. The van der Waals surface area contributed by atoms with Gasteiger partial charge in [0.25, 0.3) is 11.6 Å². The molecule has 0 saturated carbocycles. The van der Waals surface area contributed by atoms with Crippen molar-refractivity contribution >= 4 is 29.3 Å². The highest BCUT2D eigenvalue weighted by atomic mass is 32.1. The van der Waals surface area contributed by atoms with Crippen molar-refractivity contribution in [1.82, 2.24) is 14.5 Å². The first-order chi connectivity index (χ1) is 10.5. The Kier molecular flexibility index (Phi) is 3.87. The van der Waals surface area contributed by atoms with Crippen molar-refractivity contribution in [3.05, 3.63) is 11.0 Å². The number of aliphatic hydroxyl groups excluding tert-OH is 3. The summed E-state index contributed by atoms with van der Waals surface area (Å²) in [4.78, 5) is 6.93. The smallest absolute Gasteiger partial charge is 0.273 e. The van der Waals surface area contributed by atoms with E-state index in [1.54, 1.807) is 10.9 Å². The normalized spacial score (nSPS) is 28.5. The standard InChI is InChI=1S/C12H17N5O4S/c1-2-16-4-17(9-6(16)10(22)15-12(13)14-9)11-8(20)7(19)5(3-18)21-11/h4-5,7-8,11,18-20H,2-3H2,1H3,(H2-,13,14,15,22)/p+1/t5-,7-,8-,11-/m1/s1. The second-order valence-electron chi connectivity index (χ2n) is 5.16. The second-order valence-corrected chi connectivity index (χ2v) is 5.55. The third-order valence-corrected chi connectivity index (χ3v) is 4.12. The van der Waals surface area contributed by atoms with E-state index < -0.39 is 24.5 Å². The van der Waals surface area contributed by atoms with Gasteiger partial charge in [-0.05, 0) is 6.92 Å². The Bertz CT molecular complexity index is 760. The summed E-state index contributed by atoms with van der Waals surface area (Å²) in [5.41, 5.74) is 6.90. The van der Waals surface area contributed by atoms with Crippen LogP contribution in [0.15, 0.2) is 6.33 Å². The predicted octanol–water partition coefficient (Wildman–Crippen LogP) is -1.41. The molecule has 1 fully saturated rings. The van der Waals surface area contributed by atoms with Gasteiger partial charge in [0.2, 0.25) is 11.7 Å².